The third-order valence-electron chi connectivity index (χ3n) is 4.19. The highest BCUT2D eigenvalue weighted by Crippen LogP contribution is 2.20. The predicted octanol–water partition coefficient (Wildman–Crippen LogP) is 3.65. The van der Waals surface area contributed by atoms with E-state index in [4.69, 9.17) is 4.74 Å². The second-order valence-corrected chi connectivity index (χ2v) is 7.09. The summed E-state index contributed by atoms with van der Waals surface area (Å²) in [7, 11) is 7.66. The van der Waals surface area contributed by atoms with E-state index in [0.717, 1.165) is 24.8 Å². The van der Waals surface area contributed by atoms with Crippen molar-refractivity contribution in [3.05, 3.63) is 51.7 Å². The van der Waals surface area contributed by atoms with Crippen molar-refractivity contribution in [1.82, 2.24) is 15.5 Å². The Hall–Kier alpha value is -1.32. The molecule has 1 aromatic heterocycles. The van der Waals surface area contributed by atoms with Crippen LogP contribution in [-0.4, -0.2) is 45.7 Å². The highest BCUT2D eigenvalue weighted by Gasteiger charge is 2.15. The smallest absolute Gasteiger partial charge is 0.191 e. The number of hydrogen-bond acceptors (Lipinski definition) is 4. The number of methoxy groups -OCH3 is 1. The topological polar surface area (TPSA) is 48.9 Å². The lowest BCUT2D eigenvalue weighted by Crippen LogP contribution is -2.41. The standard InChI is InChI=1S/C19H28N4OS.HI/c1-14-10-11-25-18(14)13-22-19(20-2)21-12-17(23(3)4)15-6-8-16(24-5)9-7-15;/h6-11,17H,12-13H2,1-5H3,(H2,20,21,22);1H. The van der Waals surface area contributed by atoms with Crippen LogP contribution in [0.2, 0.25) is 0 Å². The summed E-state index contributed by atoms with van der Waals surface area (Å²) in [6.07, 6.45) is 0. The highest BCUT2D eigenvalue weighted by atomic mass is 127. The SMILES string of the molecule is CN=C(NCc1sccc1C)NCC(c1ccc(OC)cc1)N(C)C.I. The van der Waals surface area contributed by atoms with E-state index in [1.807, 2.05) is 12.1 Å². The van der Waals surface area contributed by atoms with Crippen LogP contribution in [0.1, 0.15) is 22.0 Å². The van der Waals surface area contributed by atoms with Crippen molar-refractivity contribution in [2.45, 2.75) is 19.5 Å². The third kappa shape index (κ3) is 6.44. The number of aliphatic imine (C=N–C) groups is 1. The van der Waals surface area contributed by atoms with Crippen LogP contribution in [0.25, 0.3) is 0 Å². The first kappa shape index (κ1) is 22.7. The maximum absolute atomic E-state index is 5.24. The van der Waals surface area contributed by atoms with Gasteiger partial charge in [-0.1, -0.05) is 12.1 Å². The Kier molecular flexibility index (Phi) is 9.97. The van der Waals surface area contributed by atoms with E-state index in [9.17, 15) is 0 Å². The predicted molar refractivity (Wildman–Crippen MR) is 122 cm³/mol. The molecule has 0 saturated carbocycles. The number of halogens is 1. The number of rotatable bonds is 7. The monoisotopic (exact) mass is 488 g/mol. The van der Waals surface area contributed by atoms with Gasteiger partial charge in [0.1, 0.15) is 5.75 Å². The normalized spacial score (nSPS) is 12.5. The second kappa shape index (κ2) is 11.4. The first-order chi connectivity index (χ1) is 12.0. The Morgan fingerprint density at radius 1 is 1.19 bits per heavy atom. The van der Waals surface area contributed by atoms with Gasteiger partial charge in [-0.25, -0.2) is 0 Å². The molecular formula is C19H29IN4OS. The molecule has 0 aliphatic heterocycles. The fraction of sp³-hybridized carbons (Fsp3) is 0.421. The summed E-state index contributed by atoms with van der Waals surface area (Å²) in [6.45, 7) is 3.69. The van der Waals surface area contributed by atoms with Gasteiger partial charge in [0, 0.05) is 18.5 Å². The lowest BCUT2D eigenvalue weighted by Gasteiger charge is -2.26. The van der Waals surface area contributed by atoms with E-state index < -0.39 is 0 Å². The molecule has 144 valence electrons. The van der Waals surface area contributed by atoms with E-state index in [0.29, 0.717) is 0 Å². The molecule has 0 spiro atoms. The number of nitrogens with one attached hydrogen (secondary N) is 2. The quantitative estimate of drug-likeness (QED) is 0.355. The van der Waals surface area contributed by atoms with Crippen molar-refractivity contribution in [1.29, 1.82) is 0 Å². The summed E-state index contributed by atoms with van der Waals surface area (Å²) in [5.41, 5.74) is 2.56. The minimum Gasteiger partial charge on any atom is -0.497 e. The minimum atomic E-state index is 0. The molecule has 5 nitrogen and oxygen atoms in total. The Morgan fingerprint density at radius 3 is 2.38 bits per heavy atom. The summed E-state index contributed by atoms with van der Waals surface area (Å²) in [6, 6.07) is 10.6. The fourth-order valence-corrected chi connectivity index (χ4v) is 3.43. The number of thiophene rings is 1. The molecule has 0 saturated heterocycles. The zero-order chi connectivity index (χ0) is 18.2. The fourth-order valence-electron chi connectivity index (χ4n) is 2.59. The second-order valence-electron chi connectivity index (χ2n) is 6.09. The molecule has 0 aliphatic rings. The van der Waals surface area contributed by atoms with E-state index in [1.54, 1.807) is 25.5 Å². The van der Waals surface area contributed by atoms with Crippen LogP contribution in [0.3, 0.4) is 0 Å². The van der Waals surface area contributed by atoms with Crippen molar-refractivity contribution in [2.75, 3.05) is 34.8 Å². The summed E-state index contributed by atoms with van der Waals surface area (Å²) >= 11 is 1.77. The maximum Gasteiger partial charge on any atom is 0.191 e. The lowest BCUT2D eigenvalue weighted by atomic mass is 10.1. The largest absolute Gasteiger partial charge is 0.497 e. The Labute approximate surface area is 177 Å². The first-order valence-electron chi connectivity index (χ1n) is 8.33. The number of aryl methyl sites for hydroxylation is 1. The Morgan fingerprint density at radius 2 is 1.88 bits per heavy atom. The molecule has 0 radical (unpaired) electrons. The van der Waals surface area contributed by atoms with Crippen LogP contribution in [-0.2, 0) is 6.54 Å². The Balaban J connectivity index is 0.00000338. The molecule has 1 heterocycles. The van der Waals surface area contributed by atoms with E-state index in [2.05, 4.69) is 65.1 Å². The molecule has 26 heavy (non-hydrogen) atoms. The van der Waals surface area contributed by atoms with Crippen LogP contribution in [0.5, 0.6) is 5.75 Å². The van der Waals surface area contributed by atoms with Crippen LogP contribution >= 0.6 is 35.3 Å². The van der Waals surface area contributed by atoms with Gasteiger partial charge in [-0.15, -0.1) is 35.3 Å². The van der Waals surface area contributed by atoms with Crippen molar-refractivity contribution in [2.24, 2.45) is 4.99 Å². The molecule has 7 heteroatoms. The molecule has 2 N–H and O–H groups in total. The van der Waals surface area contributed by atoms with Crippen LogP contribution in [0, 0.1) is 6.92 Å². The highest BCUT2D eigenvalue weighted by molar-refractivity contribution is 14.0. The molecule has 1 unspecified atom stereocenters. The number of guanidine groups is 1. The molecule has 1 aromatic carbocycles. The zero-order valence-electron chi connectivity index (χ0n) is 16.1. The van der Waals surface area contributed by atoms with Gasteiger partial charge in [0.2, 0.25) is 0 Å². The van der Waals surface area contributed by atoms with Gasteiger partial charge in [-0.05, 0) is 55.7 Å². The number of benzene rings is 1. The van der Waals surface area contributed by atoms with Crippen molar-refractivity contribution in [3.8, 4) is 5.75 Å². The molecule has 0 aliphatic carbocycles. The molecular weight excluding hydrogens is 459 g/mol. The van der Waals surface area contributed by atoms with Gasteiger partial charge in [0.05, 0.1) is 19.7 Å². The maximum atomic E-state index is 5.24. The van der Waals surface area contributed by atoms with E-state index >= 15 is 0 Å². The van der Waals surface area contributed by atoms with Gasteiger partial charge < -0.3 is 20.3 Å². The molecule has 1 atom stereocenters. The Bertz CT molecular complexity index is 685. The summed E-state index contributed by atoms with van der Waals surface area (Å²) in [4.78, 5) is 7.87. The summed E-state index contributed by atoms with van der Waals surface area (Å²) < 4.78 is 5.24. The van der Waals surface area contributed by atoms with Gasteiger partial charge in [0.25, 0.3) is 0 Å². The van der Waals surface area contributed by atoms with E-state index in [-0.39, 0.29) is 30.0 Å². The lowest BCUT2D eigenvalue weighted by molar-refractivity contribution is 0.298. The van der Waals surface area contributed by atoms with Crippen LogP contribution < -0.4 is 15.4 Å². The van der Waals surface area contributed by atoms with Gasteiger partial charge >= 0.3 is 0 Å². The minimum absolute atomic E-state index is 0. The molecule has 0 amide bonds. The molecule has 2 aromatic rings. The number of nitrogens with zero attached hydrogens (tertiary/aromatic N) is 2. The third-order valence-corrected chi connectivity index (χ3v) is 5.22. The summed E-state index contributed by atoms with van der Waals surface area (Å²) in [5, 5.41) is 8.94. The van der Waals surface area contributed by atoms with E-state index in [1.165, 1.54) is 16.0 Å². The van der Waals surface area contributed by atoms with Crippen molar-refractivity contribution >= 4 is 41.3 Å². The van der Waals surface area contributed by atoms with Crippen molar-refractivity contribution in [3.63, 3.8) is 0 Å². The zero-order valence-corrected chi connectivity index (χ0v) is 19.2. The van der Waals surface area contributed by atoms with Crippen LogP contribution in [0.4, 0.5) is 0 Å². The average molecular weight is 488 g/mol. The molecule has 0 bridgehead atoms. The average Bonchev–Trinajstić information content (AvgIpc) is 3.03. The number of ether oxygens (including phenoxy) is 1. The number of likely N-dealkylation sites (N-methyl/N-ethyl adjacent to an activating group) is 1. The van der Waals surface area contributed by atoms with Gasteiger partial charge in [0.15, 0.2) is 5.96 Å². The van der Waals surface area contributed by atoms with Gasteiger partial charge in [-0.2, -0.15) is 0 Å². The number of hydrogen-bond donors (Lipinski definition) is 2. The molecule has 2 rings (SSSR count). The summed E-state index contributed by atoms with van der Waals surface area (Å²) in [5.74, 6) is 1.69. The first-order valence-corrected chi connectivity index (χ1v) is 9.21. The van der Waals surface area contributed by atoms with Crippen molar-refractivity contribution < 1.29 is 4.74 Å². The van der Waals surface area contributed by atoms with Crippen LogP contribution in [0.15, 0.2) is 40.7 Å². The molecule has 0 fully saturated rings. The van der Waals surface area contributed by atoms with Gasteiger partial charge in [-0.3, -0.25) is 4.99 Å².